The lowest BCUT2D eigenvalue weighted by Crippen LogP contribution is -2.18. The summed E-state index contributed by atoms with van der Waals surface area (Å²) in [7, 11) is 0. The normalized spacial score (nSPS) is 20.1. The highest BCUT2D eigenvalue weighted by atomic mass is 16.1. The number of hydrogen-bond donors (Lipinski definition) is 0. The Morgan fingerprint density at radius 2 is 2.33 bits per heavy atom. The minimum atomic E-state index is 0.172. The Morgan fingerprint density at radius 1 is 1.53 bits per heavy atom. The molecule has 0 saturated carbocycles. The quantitative estimate of drug-likeness (QED) is 0.691. The summed E-state index contributed by atoms with van der Waals surface area (Å²) in [4.78, 5) is 19.6. The number of fused-ring (bicyclic) bond motifs is 1. The van der Waals surface area contributed by atoms with Gasteiger partial charge in [-0.05, 0) is 24.8 Å². The molecule has 1 aliphatic rings. The Hall–Kier alpha value is -1.25. The number of carbonyl (C=O) groups excluding carboxylic acids is 1. The molecule has 1 atom stereocenters. The average Bonchev–Trinajstić information content (AvgIpc) is 2.27. The van der Waals surface area contributed by atoms with Crippen LogP contribution in [0.2, 0.25) is 0 Å². The molecule has 0 bridgehead atoms. The zero-order valence-corrected chi connectivity index (χ0v) is 9.23. The van der Waals surface area contributed by atoms with E-state index in [0.717, 1.165) is 42.6 Å². The fraction of sp³-hybridized carbons (Fsp3) is 0.583. The molecular formula is C12H16N2O. The summed E-state index contributed by atoms with van der Waals surface area (Å²) in [6.07, 6.45) is 5.62. The molecule has 1 aromatic heterocycles. The number of rotatable bonds is 2. The molecule has 80 valence electrons. The van der Waals surface area contributed by atoms with Gasteiger partial charge in [-0.2, -0.15) is 0 Å². The second-order valence-electron chi connectivity index (χ2n) is 4.49. The average molecular weight is 204 g/mol. The number of carbonyl (C=O) groups is 1. The second-order valence-corrected chi connectivity index (χ2v) is 4.49. The molecule has 15 heavy (non-hydrogen) atoms. The van der Waals surface area contributed by atoms with Crippen molar-refractivity contribution in [1.29, 1.82) is 0 Å². The maximum atomic E-state index is 10.7. The highest BCUT2D eigenvalue weighted by Crippen LogP contribution is 2.23. The number of nitrogens with zero attached hydrogens (tertiary/aromatic N) is 2. The van der Waals surface area contributed by atoms with E-state index >= 15 is 0 Å². The maximum absolute atomic E-state index is 10.7. The van der Waals surface area contributed by atoms with Crippen LogP contribution in [0.4, 0.5) is 0 Å². The van der Waals surface area contributed by atoms with Gasteiger partial charge in [-0.25, -0.2) is 9.97 Å². The molecule has 1 heterocycles. The van der Waals surface area contributed by atoms with Gasteiger partial charge in [-0.15, -0.1) is 0 Å². The topological polar surface area (TPSA) is 42.9 Å². The van der Waals surface area contributed by atoms with Crippen molar-refractivity contribution < 1.29 is 4.79 Å². The van der Waals surface area contributed by atoms with Crippen LogP contribution in [0.5, 0.6) is 0 Å². The summed E-state index contributed by atoms with van der Waals surface area (Å²) in [5, 5.41) is 0. The molecule has 1 aliphatic carbocycles. The highest BCUT2D eigenvalue weighted by molar-refractivity contribution is 5.55. The highest BCUT2D eigenvalue weighted by Gasteiger charge is 2.20. The Kier molecular flexibility index (Phi) is 2.80. The van der Waals surface area contributed by atoms with Crippen LogP contribution in [0.3, 0.4) is 0 Å². The molecule has 0 amide bonds. The minimum absolute atomic E-state index is 0.172. The third-order valence-electron chi connectivity index (χ3n) is 2.92. The molecule has 0 aliphatic heterocycles. The first-order valence-electron chi connectivity index (χ1n) is 5.50. The van der Waals surface area contributed by atoms with Crippen LogP contribution >= 0.6 is 0 Å². The van der Waals surface area contributed by atoms with E-state index in [-0.39, 0.29) is 5.92 Å². The molecule has 0 spiro atoms. The van der Waals surface area contributed by atoms with Crippen molar-refractivity contribution in [2.45, 2.75) is 39.0 Å². The molecular weight excluding hydrogens is 188 g/mol. The zero-order valence-electron chi connectivity index (χ0n) is 9.23. The van der Waals surface area contributed by atoms with Gasteiger partial charge in [0.25, 0.3) is 0 Å². The summed E-state index contributed by atoms with van der Waals surface area (Å²) in [5.41, 5.74) is 2.30. The smallest absolute Gasteiger partial charge is 0.131 e. The van der Waals surface area contributed by atoms with Gasteiger partial charge in [0.05, 0.1) is 0 Å². The number of aryl methyl sites for hydroxylation is 1. The van der Waals surface area contributed by atoms with Gasteiger partial charge >= 0.3 is 0 Å². The fourth-order valence-corrected chi connectivity index (χ4v) is 1.95. The van der Waals surface area contributed by atoms with Crippen molar-refractivity contribution in [3.63, 3.8) is 0 Å². The summed E-state index contributed by atoms with van der Waals surface area (Å²) in [6.45, 7) is 4.19. The van der Waals surface area contributed by atoms with E-state index in [0.29, 0.717) is 5.92 Å². The molecule has 0 saturated heterocycles. The Morgan fingerprint density at radius 3 is 3.00 bits per heavy atom. The van der Waals surface area contributed by atoms with Crippen molar-refractivity contribution in [2.75, 3.05) is 0 Å². The van der Waals surface area contributed by atoms with Crippen LogP contribution in [-0.4, -0.2) is 16.3 Å². The first-order chi connectivity index (χ1) is 7.20. The van der Waals surface area contributed by atoms with Crippen molar-refractivity contribution in [3.8, 4) is 0 Å². The van der Waals surface area contributed by atoms with E-state index in [4.69, 9.17) is 0 Å². The first-order valence-corrected chi connectivity index (χ1v) is 5.50. The Labute approximate surface area is 89.9 Å². The first kappa shape index (κ1) is 10.3. The summed E-state index contributed by atoms with van der Waals surface area (Å²) in [6, 6.07) is 0. The van der Waals surface area contributed by atoms with E-state index < -0.39 is 0 Å². The van der Waals surface area contributed by atoms with Crippen LogP contribution in [0.15, 0.2) is 6.20 Å². The molecule has 0 radical (unpaired) electrons. The van der Waals surface area contributed by atoms with Crippen LogP contribution in [-0.2, 0) is 17.6 Å². The van der Waals surface area contributed by atoms with Crippen molar-refractivity contribution in [1.82, 2.24) is 9.97 Å². The molecule has 2 rings (SSSR count). The van der Waals surface area contributed by atoms with Gasteiger partial charge in [0.1, 0.15) is 12.1 Å². The van der Waals surface area contributed by atoms with E-state index in [2.05, 4.69) is 23.8 Å². The predicted octanol–water partition coefficient (Wildman–Crippen LogP) is 1.90. The van der Waals surface area contributed by atoms with Gasteiger partial charge in [-0.1, -0.05) is 13.8 Å². The van der Waals surface area contributed by atoms with Gasteiger partial charge in [0, 0.05) is 23.7 Å². The summed E-state index contributed by atoms with van der Waals surface area (Å²) in [5.74, 6) is 1.46. The van der Waals surface area contributed by atoms with Crippen LogP contribution < -0.4 is 0 Å². The van der Waals surface area contributed by atoms with E-state index in [1.54, 1.807) is 0 Å². The Balaban J connectivity index is 2.28. The largest absolute Gasteiger partial charge is 0.303 e. The second kappa shape index (κ2) is 4.09. The van der Waals surface area contributed by atoms with Crippen molar-refractivity contribution >= 4 is 6.29 Å². The third-order valence-corrected chi connectivity index (χ3v) is 2.92. The van der Waals surface area contributed by atoms with Gasteiger partial charge < -0.3 is 4.79 Å². The van der Waals surface area contributed by atoms with Gasteiger partial charge in [0.15, 0.2) is 0 Å². The lowest BCUT2D eigenvalue weighted by molar-refractivity contribution is -0.111. The number of aromatic nitrogens is 2. The maximum Gasteiger partial charge on any atom is 0.131 e. The summed E-state index contributed by atoms with van der Waals surface area (Å²) < 4.78 is 0. The Bertz CT molecular complexity index is 374. The molecule has 0 N–H and O–H groups in total. The lowest BCUT2D eigenvalue weighted by atomic mass is 9.88. The zero-order chi connectivity index (χ0) is 10.8. The van der Waals surface area contributed by atoms with Crippen LogP contribution in [0.1, 0.15) is 43.3 Å². The molecule has 3 heteroatoms. The number of aldehydes is 1. The van der Waals surface area contributed by atoms with Crippen LogP contribution in [0.25, 0.3) is 0 Å². The van der Waals surface area contributed by atoms with Crippen molar-refractivity contribution in [3.05, 3.63) is 23.3 Å². The van der Waals surface area contributed by atoms with E-state index in [1.165, 1.54) is 0 Å². The number of hydrogen-bond acceptors (Lipinski definition) is 3. The van der Waals surface area contributed by atoms with E-state index in [9.17, 15) is 4.79 Å². The van der Waals surface area contributed by atoms with Gasteiger partial charge in [-0.3, -0.25) is 0 Å². The standard InChI is InChI=1S/C12H16N2O/c1-8(2)12-13-6-10-5-9(7-15)3-4-11(10)14-12/h6-9H,3-5H2,1-2H3/t9-/m0/s1. The van der Waals surface area contributed by atoms with Crippen molar-refractivity contribution in [2.24, 2.45) is 5.92 Å². The molecule has 1 aromatic rings. The molecule has 0 fully saturated rings. The fourth-order valence-electron chi connectivity index (χ4n) is 1.95. The SMILES string of the molecule is CC(C)c1ncc2c(n1)CC[C@H](C=O)C2. The van der Waals surface area contributed by atoms with Crippen LogP contribution in [0, 0.1) is 5.92 Å². The molecule has 3 nitrogen and oxygen atoms in total. The lowest BCUT2D eigenvalue weighted by Gasteiger charge is -2.20. The van der Waals surface area contributed by atoms with Gasteiger partial charge in [0.2, 0.25) is 0 Å². The monoisotopic (exact) mass is 204 g/mol. The molecule has 0 unspecified atom stereocenters. The molecule has 0 aromatic carbocycles. The minimum Gasteiger partial charge on any atom is -0.303 e. The predicted molar refractivity (Wildman–Crippen MR) is 57.7 cm³/mol. The van der Waals surface area contributed by atoms with E-state index in [1.807, 2.05) is 6.20 Å². The summed E-state index contributed by atoms with van der Waals surface area (Å²) >= 11 is 0. The third kappa shape index (κ3) is 2.06.